The second-order valence-electron chi connectivity index (χ2n) is 9.92. The van der Waals surface area contributed by atoms with Gasteiger partial charge in [-0.05, 0) is 74.0 Å². The topological polar surface area (TPSA) is 144 Å². The van der Waals surface area contributed by atoms with E-state index in [0.29, 0.717) is 37.9 Å². The van der Waals surface area contributed by atoms with Crippen LogP contribution in [0.2, 0.25) is 0 Å². The van der Waals surface area contributed by atoms with Crippen molar-refractivity contribution in [1.29, 1.82) is 0 Å². The van der Waals surface area contributed by atoms with Crippen LogP contribution in [0.25, 0.3) is 0 Å². The van der Waals surface area contributed by atoms with Gasteiger partial charge in [0.05, 0.1) is 18.7 Å². The molecule has 0 aliphatic carbocycles. The van der Waals surface area contributed by atoms with E-state index in [1.807, 2.05) is 43.0 Å². The number of hydrogen-bond acceptors (Lipinski definition) is 8. The lowest BCUT2D eigenvalue weighted by Crippen LogP contribution is -2.36. The number of carbonyl (C=O) groups is 2. The minimum atomic E-state index is -0.854. The van der Waals surface area contributed by atoms with Crippen molar-refractivity contribution in [3.05, 3.63) is 70.1 Å². The predicted octanol–water partition coefficient (Wildman–Crippen LogP) is 4.40. The first-order chi connectivity index (χ1) is 18.2. The Kier molecular flexibility index (Phi) is 8.43. The number of piperidine rings is 1. The number of nitrogens with zero attached hydrogens (tertiary/aromatic N) is 3. The van der Waals surface area contributed by atoms with Crippen molar-refractivity contribution in [3.8, 4) is 5.75 Å². The van der Waals surface area contributed by atoms with Gasteiger partial charge in [0.1, 0.15) is 17.2 Å². The molecule has 10 nitrogen and oxygen atoms in total. The molecule has 2 atom stereocenters. The maximum atomic E-state index is 12.6. The number of carbonyl (C=O) groups excluding carboxylic acids is 1. The van der Waals surface area contributed by atoms with Crippen molar-refractivity contribution in [1.82, 2.24) is 10.2 Å². The van der Waals surface area contributed by atoms with E-state index in [1.165, 1.54) is 5.56 Å². The number of aliphatic hydroxyl groups excluding tert-OH is 1. The second kappa shape index (κ2) is 11.7. The molecule has 4 rings (SSSR count). The average Bonchev–Trinajstić information content (AvgIpc) is 3.15. The molecule has 2 aliphatic rings. The Hall–Kier alpha value is -3.76. The summed E-state index contributed by atoms with van der Waals surface area (Å²) in [5, 5.41) is 41.5. The number of carboxylic acids is 1. The van der Waals surface area contributed by atoms with Crippen molar-refractivity contribution >= 4 is 17.6 Å². The van der Waals surface area contributed by atoms with Gasteiger partial charge in [-0.2, -0.15) is 0 Å². The van der Waals surface area contributed by atoms with Crippen LogP contribution in [0, 0.1) is 13.8 Å². The van der Waals surface area contributed by atoms with Gasteiger partial charge in [-0.1, -0.05) is 30.3 Å². The van der Waals surface area contributed by atoms with Gasteiger partial charge < -0.3 is 25.4 Å². The minimum Gasteiger partial charge on any atom is -0.508 e. The Morgan fingerprint density at radius 1 is 1.13 bits per heavy atom. The number of phenolic OH excluding ortho intramolecular Hbond substituents is 1. The largest absolute Gasteiger partial charge is 0.508 e. The van der Waals surface area contributed by atoms with Crippen LogP contribution in [0.4, 0.5) is 5.69 Å². The van der Waals surface area contributed by atoms with Gasteiger partial charge in [0.25, 0.3) is 5.91 Å². The molecule has 0 aromatic heterocycles. The summed E-state index contributed by atoms with van der Waals surface area (Å²) in [6.07, 6.45) is 1.38. The fourth-order valence-electron chi connectivity index (χ4n) is 5.05. The number of aromatic hydroxyl groups is 1. The third kappa shape index (κ3) is 6.03. The first-order valence-electron chi connectivity index (χ1n) is 12.7. The van der Waals surface area contributed by atoms with Crippen molar-refractivity contribution < 1.29 is 29.6 Å². The Bertz CT molecular complexity index is 1270. The lowest BCUT2D eigenvalue weighted by Gasteiger charge is -2.31. The molecular weight excluding hydrogens is 488 g/mol. The number of azo groups is 1. The zero-order valence-corrected chi connectivity index (χ0v) is 21.8. The highest BCUT2D eigenvalue weighted by molar-refractivity contribution is 5.96. The van der Waals surface area contributed by atoms with E-state index in [-0.39, 0.29) is 41.5 Å². The van der Waals surface area contributed by atoms with Gasteiger partial charge in [-0.15, -0.1) is 10.2 Å². The molecule has 2 unspecified atom stereocenters. The summed E-state index contributed by atoms with van der Waals surface area (Å²) < 4.78 is 5.65. The highest BCUT2D eigenvalue weighted by atomic mass is 16.5. The molecule has 2 aromatic carbocycles. The van der Waals surface area contributed by atoms with Crippen LogP contribution in [0.3, 0.4) is 0 Å². The number of likely N-dealkylation sites (tertiary alicyclic amines) is 1. The summed E-state index contributed by atoms with van der Waals surface area (Å²) in [6.45, 7) is 5.29. The van der Waals surface area contributed by atoms with Gasteiger partial charge in [0, 0.05) is 13.5 Å². The first kappa shape index (κ1) is 27.3. The fraction of sp³-hybridized carbons (Fsp3) is 0.429. The molecule has 0 bridgehead atoms. The minimum absolute atomic E-state index is 0.00437. The summed E-state index contributed by atoms with van der Waals surface area (Å²) in [6, 6.07) is 10.5. The molecule has 4 N–H and O–H groups in total. The zero-order chi connectivity index (χ0) is 27.4. The average molecular weight is 523 g/mol. The zero-order valence-electron chi connectivity index (χ0n) is 21.8. The molecule has 2 aliphatic heterocycles. The van der Waals surface area contributed by atoms with E-state index in [9.17, 15) is 19.8 Å². The van der Waals surface area contributed by atoms with Crippen LogP contribution in [-0.4, -0.2) is 64.9 Å². The smallest absolute Gasteiger partial charge is 0.317 e. The van der Waals surface area contributed by atoms with Crippen molar-refractivity contribution in [3.63, 3.8) is 0 Å². The number of rotatable bonds is 9. The molecule has 0 saturated carbocycles. The number of carboxylic acid groups (broad SMARTS) is 1. The van der Waals surface area contributed by atoms with E-state index in [0.717, 1.165) is 11.1 Å². The van der Waals surface area contributed by atoms with Gasteiger partial charge in [0.2, 0.25) is 0 Å². The molecule has 0 spiro atoms. The Morgan fingerprint density at radius 2 is 1.87 bits per heavy atom. The third-order valence-electron chi connectivity index (χ3n) is 7.42. The number of ether oxygens (including phenoxy) is 1. The number of benzene rings is 2. The van der Waals surface area contributed by atoms with Crippen molar-refractivity contribution in [2.75, 3.05) is 26.7 Å². The second-order valence-corrected chi connectivity index (χ2v) is 9.92. The lowest BCUT2D eigenvalue weighted by molar-refractivity contribution is -0.138. The maximum Gasteiger partial charge on any atom is 0.317 e. The summed E-state index contributed by atoms with van der Waals surface area (Å²) in [7, 11) is 1.59. The summed E-state index contributed by atoms with van der Waals surface area (Å²) in [4.78, 5) is 25.4. The number of aryl methyl sites for hydroxylation is 2. The number of nitrogens with one attached hydrogen (secondary N) is 1. The van der Waals surface area contributed by atoms with Gasteiger partial charge in [-0.25, -0.2) is 0 Å². The maximum absolute atomic E-state index is 12.6. The Morgan fingerprint density at radius 3 is 2.53 bits per heavy atom. The first-order valence-corrected chi connectivity index (χ1v) is 12.7. The van der Waals surface area contributed by atoms with Gasteiger partial charge in [-0.3, -0.25) is 14.5 Å². The molecule has 1 amide bonds. The highest BCUT2D eigenvalue weighted by Crippen LogP contribution is 2.39. The van der Waals surface area contributed by atoms with E-state index in [4.69, 9.17) is 9.84 Å². The third-order valence-corrected chi connectivity index (χ3v) is 7.42. The number of amides is 1. The fourth-order valence-corrected chi connectivity index (χ4v) is 5.05. The SMILES string of the molecule is COC(CC1NC(=O)C(N=Nc2cccc(C3CCN(CC(=O)O)CC3)c2O)=C1O)c1ccc(C)c(C)c1. The predicted molar refractivity (Wildman–Crippen MR) is 141 cm³/mol. The van der Waals surface area contributed by atoms with E-state index in [2.05, 4.69) is 15.5 Å². The number of hydrogen-bond donors (Lipinski definition) is 4. The van der Waals surface area contributed by atoms with Gasteiger partial charge >= 0.3 is 5.97 Å². The number of methoxy groups -OCH3 is 1. The molecule has 38 heavy (non-hydrogen) atoms. The molecule has 1 saturated heterocycles. The summed E-state index contributed by atoms with van der Waals surface area (Å²) in [5.74, 6) is -1.60. The van der Waals surface area contributed by atoms with E-state index >= 15 is 0 Å². The summed E-state index contributed by atoms with van der Waals surface area (Å²) in [5.41, 5.74) is 3.94. The van der Waals surface area contributed by atoms with E-state index in [1.54, 1.807) is 19.2 Å². The van der Waals surface area contributed by atoms with Crippen molar-refractivity contribution in [2.24, 2.45) is 10.2 Å². The molecule has 202 valence electrons. The quantitative estimate of drug-likeness (QED) is 0.357. The number of aliphatic hydroxyl groups is 1. The molecular formula is C28H34N4O6. The number of phenols is 1. The Balaban J connectivity index is 1.47. The normalized spacial score (nSPS) is 19.8. The lowest BCUT2D eigenvalue weighted by atomic mass is 9.88. The van der Waals surface area contributed by atoms with E-state index < -0.39 is 17.9 Å². The monoisotopic (exact) mass is 522 g/mol. The molecule has 1 fully saturated rings. The van der Waals surface area contributed by atoms with Crippen LogP contribution < -0.4 is 5.32 Å². The highest BCUT2D eigenvalue weighted by Gasteiger charge is 2.34. The number of aliphatic carboxylic acids is 1. The number of para-hydroxylation sites is 1. The molecule has 2 aromatic rings. The standard InChI is InChI=1S/C28H34N4O6/c1-16-7-8-19(13-17(16)2)23(38-3)14-22-27(36)25(28(37)29-22)31-30-21-6-4-5-20(26(21)35)18-9-11-32(12-10-18)15-24(33)34/h4-8,13,18,22-23,35-36H,9-12,14-15H2,1-3H3,(H,29,37)(H,33,34). The van der Waals surface area contributed by atoms with Gasteiger partial charge in [0.15, 0.2) is 5.70 Å². The molecule has 2 heterocycles. The van der Waals surface area contributed by atoms with Crippen LogP contribution in [0.1, 0.15) is 53.5 Å². The molecule has 10 heteroatoms. The van der Waals surface area contributed by atoms with Crippen LogP contribution in [0.5, 0.6) is 5.75 Å². The van der Waals surface area contributed by atoms with Crippen LogP contribution in [-0.2, 0) is 14.3 Å². The van der Waals surface area contributed by atoms with Crippen molar-refractivity contribution in [2.45, 2.75) is 51.2 Å². The van der Waals surface area contributed by atoms with Crippen LogP contribution in [0.15, 0.2) is 58.1 Å². The Labute approximate surface area is 221 Å². The molecule has 0 radical (unpaired) electrons. The van der Waals surface area contributed by atoms with Crippen LogP contribution >= 0.6 is 0 Å². The summed E-state index contributed by atoms with van der Waals surface area (Å²) >= 11 is 0.